The summed E-state index contributed by atoms with van der Waals surface area (Å²) < 4.78 is 0. The van der Waals surface area contributed by atoms with Gasteiger partial charge in [-0.1, -0.05) is 46.0 Å². The number of nitriles is 1. The van der Waals surface area contributed by atoms with Crippen molar-refractivity contribution in [2.75, 3.05) is 0 Å². The molecule has 4 fully saturated rings. The maximum atomic E-state index is 9.83. The van der Waals surface area contributed by atoms with Crippen molar-refractivity contribution in [3.8, 4) is 6.07 Å². The summed E-state index contributed by atoms with van der Waals surface area (Å²) in [5.74, 6) is 0.935. The van der Waals surface area contributed by atoms with Gasteiger partial charge in [-0.05, 0) is 93.8 Å². The summed E-state index contributed by atoms with van der Waals surface area (Å²) in [6.07, 6.45) is 23.5. The average Bonchev–Trinajstić information content (AvgIpc) is 2.68. The van der Waals surface area contributed by atoms with E-state index in [1.165, 1.54) is 103 Å². The molecule has 0 aliphatic heterocycles. The van der Waals surface area contributed by atoms with Crippen LogP contribution in [0.3, 0.4) is 0 Å². The van der Waals surface area contributed by atoms with Gasteiger partial charge in [0, 0.05) is 0 Å². The van der Waals surface area contributed by atoms with E-state index in [-0.39, 0.29) is 5.41 Å². The quantitative estimate of drug-likeness (QED) is 0.412. The summed E-state index contributed by atoms with van der Waals surface area (Å²) in [6.45, 7) is 4.61. The molecular weight excluding hydrogens is 302 g/mol. The Kier molecular flexibility index (Phi) is 6.18. The Bertz CT molecular complexity index is 438. The lowest BCUT2D eigenvalue weighted by Gasteiger charge is -2.58. The molecule has 4 aliphatic carbocycles. The van der Waals surface area contributed by atoms with Crippen molar-refractivity contribution in [1.82, 2.24) is 0 Å². The molecule has 4 aliphatic rings. The van der Waals surface area contributed by atoms with Crippen molar-refractivity contribution in [3.05, 3.63) is 0 Å². The summed E-state index contributed by atoms with van der Waals surface area (Å²) >= 11 is 0. The Morgan fingerprint density at radius 2 is 1.36 bits per heavy atom. The van der Waals surface area contributed by atoms with Crippen molar-refractivity contribution < 1.29 is 0 Å². The monoisotopic (exact) mass is 343 g/mol. The summed E-state index contributed by atoms with van der Waals surface area (Å²) in [7, 11) is 0. The van der Waals surface area contributed by atoms with Crippen LogP contribution in [0.25, 0.3) is 0 Å². The largest absolute Gasteiger partial charge is 0.198 e. The standard InChI is InChI=1S/C24H41N/c1-3-5-7-11-23(20-25)12-8-21(9-13-23)24-17-14-22(15-18-24,16-19-24)10-6-4-2/h21H,3-19H2,1-2H3. The molecule has 0 saturated heterocycles. The highest BCUT2D eigenvalue weighted by molar-refractivity contribution is 5.07. The van der Waals surface area contributed by atoms with Crippen LogP contribution in [0.2, 0.25) is 0 Å². The molecule has 0 spiro atoms. The molecule has 0 unspecified atom stereocenters. The van der Waals surface area contributed by atoms with Gasteiger partial charge in [0.2, 0.25) is 0 Å². The summed E-state index contributed by atoms with van der Waals surface area (Å²) in [5, 5.41) is 9.83. The molecule has 0 N–H and O–H groups in total. The van der Waals surface area contributed by atoms with Crippen molar-refractivity contribution in [3.63, 3.8) is 0 Å². The van der Waals surface area contributed by atoms with E-state index in [0.29, 0.717) is 5.41 Å². The fourth-order valence-electron chi connectivity index (χ4n) is 6.75. The molecule has 1 heteroatoms. The maximum Gasteiger partial charge on any atom is 0.0689 e. The van der Waals surface area contributed by atoms with Gasteiger partial charge in [-0.15, -0.1) is 0 Å². The Hall–Kier alpha value is -0.510. The Morgan fingerprint density at radius 3 is 1.88 bits per heavy atom. The summed E-state index contributed by atoms with van der Waals surface area (Å²) in [4.78, 5) is 0. The number of hydrogen-bond acceptors (Lipinski definition) is 1. The third-order valence-corrected chi connectivity index (χ3v) is 8.83. The van der Waals surface area contributed by atoms with Gasteiger partial charge in [0.25, 0.3) is 0 Å². The smallest absolute Gasteiger partial charge is 0.0689 e. The van der Waals surface area contributed by atoms with Crippen molar-refractivity contribution in [1.29, 1.82) is 5.26 Å². The fraction of sp³-hybridized carbons (Fsp3) is 0.958. The van der Waals surface area contributed by atoms with Gasteiger partial charge in [-0.25, -0.2) is 0 Å². The predicted octanol–water partition coefficient (Wildman–Crippen LogP) is 7.80. The van der Waals surface area contributed by atoms with Crippen LogP contribution in [0.15, 0.2) is 0 Å². The van der Waals surface area contributed by atoms with E-state index in [2.05, 4.69) is 19.9 Å². The fourth-order valence-corrected chi connectivity index (χ4v) is 6.75. The molecule has 4 saturated carbocycles. The predicted molar refractivity (Wildman–Crippen MR) is 106 cm³/mol. The second-order valence-corrected chi connectivity index (χ2v) is 10.1. The highest BCUT2D eigenvalue weighted by Crippen LogP contribution is 2.64. The van der Waals surface area contributed by atoms with E-state index < -0.39 is 0 Å². The van der Waals surface area contributed by atoms with E-state index in [1.807, 2.05) is 0 Å². The minimum Gasteiger partial charge on any atom is -0.198 e. The lowest BCUT2D eigenvalue weighted by molar-refractivity contribution is -0.0689. The number of nitrogens with zero attached hydrogens (tertiary/aromatic N) is 1. The number of fused-ring (bicyclic) bond motifs is 3. The minimum absolute atomic E-state index is 0.0382. The third-order valence-electron chi connectivity index (χ3n) is 8.83. The van der Waals surface area contributed by atoms with E-state index in [0.717, 1.165) is 17.8 Å². The lowest BCUT2D eigenvalue weighted by atomic mass is 9.47. The zero-order chi connectivity index (χ0) is 17.8. The highest BCUT2D eigenvalue weighted by atomic mass is 14.6. The third kappa shape index (κ3) is 3.94. The van der Waals surface area contributed by atoms with Crippen LogP contribution in [0.4, 0.5) is 0 Å². The SMILES string of the molecule is CCCCCC1(C#N)CCC(C23CCC(CCCC)(CC2)CC3)CC1. The molecule has 1 nitrogen and oxygen atoms in total. The van der Waals surface area contributed by atoms with E-state index >= 15 is 0 Å². The summed E-state index contributed by atoms with van der Waals surface area (Å²) in [6, 6.07) is 2.77. The topological polar surface area (TPSA) is 23.8 Å². The van der Waals surface area contributed by atoms with Crippen LogP contribution in [0, 0.1) is 33.5 Å². The van der Waals surface area contributed by atoms with Crippen LogP contribution < -0.4 is 0 Å². The molecule has 0 aromatic heterocycles. The average molecular weight is 344 g/mol. The van der Waals surface area contributed by atoms with Gasteiger partial charge in [0.15, 0.2) is 0 Å². The molecule has 0 radical (unpaired) electrons. The van der Waals surface area contributed by atoms with Crippen molar-refractivity contribution >= 4 is 0 Å². The molecule has 4 rings (SSSR count). The first kappa shape index (κ1) is 19.3. The van der Waals surface area contributed by atoms with E-state index in [4.69, 9.17) is 0 Å². The van der Waals surface area contributed by atoms with Crippen LogP contribution >= 0.6 is 0 Å². The molecule has 0 amide bonds. The van der Waals surface area contributed by atoms with Gasteiger partial charge in [0.1, 0.15) is 0 Å². The Labute approximate surface area is 157 Å². The zero-order valence-corrected chi connectivity index (χ0v) is 17.0. The van der Waals surface area contributed by atoms with Crippen LogP contribution in [0.5, 0.6) is 0 Å². The van der Waals surface area contributed by atoms with E-state index in [1.54, 1.807) is 0 Å². The highest BCUT2D eigenvalue weighted by Gasteiger charge is 2.52. The van der Waals surface area contributed by atoms with E-state index in [9.17, 15) is 5.26 Å². The first-order chi connectivity index (χ1) is 12.1. The zero-order valence-electron chi connectivity index (χ0n) is 17.0. The molecule has 25 heavy (non-hydrogen) atoms. The normalized spacial score (nSPS) is 40.8. The first-order valence-electron chi connectivity index (χ1n) is 11.5. The number of rotatable bonds is 8. The van der Waals surface area contributed by atoms with Crippen LogP contribution in [0.1, 0.15) is 123 Å². The molecule has 0 heterocycles. The van der Waals surface area contributed by atoms with Gasteiger partial charge in [0.05, 0.1) is 11.5 Å². The number of hydrogen-bond donors (Lipinski definition) is 0. The molecular formula is C24H41N. The second-order valence-electron chi connectivity index (χ2n) is 10.1. The van der Waals surface area contributed by atoms with Gasteiger partial charge < -0.3 is 0 Å². The Morgan fingerprint density at radius 1 is 0.760 bits per heavy atom. The van der Waals surface area contributed by atoms with Crippen LogP contribution in [-0.2, 0) is 0 Å². The van der Waals surface area contributed by atoms with Gasteiger partial charge in [-0.2, -0.15) is 5.26 Å². The molecule has 2 bridgehead atoms. The molecule has 0 aromatic carbocycles. The molecule has 0 aromatic rings. The number of unbranched alkanes of at least 4 members (excludes halogenated alkanes) is 3. The Balaban J connectivity index is 1.55. The molecule has 0 atom stereocenters. The first-order valence-corrected chi connectivity index (χ1v) is 11.5. The van der Waals surface area contributed by atoms with Gasteiger partial charge in [-0.3, -0.25) is 0 Å². The molecule has 142 valence electrons. The summed E-state index contributed by atoms with van der Waals surface area (Å²) in [5.41, 5.74) is 1.46. The van der Waals surface area contributed by atoms with Crippen LogP contribution in [-0.4, -0.2) is 0 Å². The van der Waals surface area contributed by atoms with Crippen molar-refractivity contribution in [2.45, 2.75) is 123 Å². The van der Waals surface area contributed by atoms with Gasteiger partial charge >= 0.3 is 0 Å². The van der Waals surface area contributed by atoms with Crippen molar-refractivity contribution in [2.24, 2.45) is 22.2 Å². The maximum absolute atomic E-state index is 9.83. The minimum atomic E-state index is 0.0382. The second kappa shape index (κ2) is 8.02. The lowest BCUT2D eigenvalue weighted by Crippen LogP contribution is -2.47.